The van der Waals surface area contributed by atoms with Crippen molar-refractivity contribution < 1.29 is 48.2 Å². The quantitative estimate of drug-likeness (QED) is 0.0827. The molecular formula is C31H40N6O10. The van der Waals surface area contributed by atoms with Crippen LogP contribution in [0.2, 0.25) is 0 Å². The highest BCUT2D eigenvalue weighted by molar-refractivity contribution is 6.12. The van der Waals surface area contributed by atoms with E-state index in [1.54, 1.807) is 30.3 Å². The zero-order valence-electron chi connectivity index (χ0n) is 26.0. The van der Waals surface area contributed by atoms with Crippen LogP contribution >= 0.6 is 0 Å². The van der Waals surface area contributed by atoms with Crippen molar-refractivity contribution in [2.45, 2.75) is 51.2 Å². The molecule has 1 aromatic rings. The molecule has 0 bridgehead atoms. The van der Waals surface area contributed by atoms with Gasteiger partial charge in [0.2, 0.25) is 29.5 Å². The molecule has 16 nitrogen and oxygen atoms in total. The van der Waals surface area contributed by atoms with Gasteiger partial charge in [-0.2, -0.15) is 0 Å². The van der Waals surface area contributed by atoms with Gasteiger partial charge in [0, 0.05) is 31.0 Å². The molecule has 2 unspecified atom stereocenters. The Kier molecular flexibility index (Phi) is 14.0. The van der Waals surface area contributed by atoms with Crippen molar-refractivity contribution in [1.29, 1.82) is 0 Å². The predicted molar refractivity (Wildman–Crippen MR) is 164 cm³/mol. The Balaban J connectivity index is 1.38. The van der Waals surface area contributed by atoms with Crippen LogP contribution in [0.15, 0.2) is 42.5 Å². The van der Waals surface area contributed by atoms with Crippen LogP contribution in [0.4, 0.5) is 0 Å². The van der Waals surface area contributed by atoms with Crippen LogP contribution in [0.5, 0.6) is 0 Å². The summed E-state index contributed by atoms with van der Waals surface area (Å²) in [7, 11) is 0. The van der Waals surface area contributed by atoms with E-state index in [-0.39, 0.29) is 49.3 Å². The van der Waals surface area contributed by atoms with E-state index in [9.17, 15) is 38.4 Å². The molecule has 16 heteroatoms. The van der Waals surface area contributed by atoms with Crippen LogP contribution < -0.4 is 26.6 Å². The summed E-state index contributed by atoms with van der Waals surface area (Å²) < 4.78 is 4.92. The van der Waals surface area contributed by atoms with Crippen molar-refractivity contribution in [3.8, 4) is 0 Å². The van der Waals surface area contributed by atoms with E-state index in [0.29, 0.717) is 32.2 Å². The second-order valence-corrected chi connectivity index (χ2v) is 11.3. The zero-order valence-corrected chi connectivity index (χ0v) is 26.0. The van der Waals surface area contributed by atoms with Gasteiger partial charge in [0.15, 0.2) is 6.10 Å². The van der Waals surface area contributed by atoms with Crippen molar-refractivity contribution in [3.63, 3.8) is 0 Å². The summed E-state index contributed by atoms with van der Waals surface area (Å²) in [4.78, 5) is 98.1. The molecule has 47 heavy (non-hydrogen) atoms. The lowest BCUT2D eigenvalue weighted by Gasteiger charge is -2.29. The first-order valence-electron chi connectivity index (χ1n) is 15.2. The molecular weight excluding hydrogens is 616 g/mol. The molecule has 2 atom stereocenters. The minimum Gasteiger partial charge on any atom is -0.479 e. The number of carbonyl (C=O) groups is 8. The van der Waals surface area contributed by atoms with Crippen LogP contribution in [-0.4, -0.2) is 102 Å². The van der Waals surface area contributed by atoms with E-state index in [4.69, 9.17) is 9.84 Å². The maximum absolute atomic E-state index is 12.9. The molecule has 2 aliphatic rings. The summed E-state index contributed by atoms with van der Waals surface area (Å²) in [6.45, 7) is -0.0510. The Morgan fingerprint density at radius 2 is 1.43 bits per heavy atom. The molecule has 0 aromatic heterocycles. The number of nitrogens with one attached hydrogen (secondary N) is 5. The van der Waals surface area contributed by atoms with Gasteiger partial charge in [0.1, 0.15) is 12.8 Å². The highest BCUT2D eigenvalue weighted by atomic mass is 16.5. The number of hydrogen-bond acceptors (Lipinski definition) is 9. The number of rotatable bonds is 17. The molecule has 0 spiro atoms. The Hall–Kier alpha value is -5.12. The van der Waals surface area contributed by atoms with Gasteiger partial charge in [-0.05, 0) is 44.1 Å². The highest BCUT2D eigenvalue weighted by Gasteiger charge is 2.31. The number of aliphatic carboxylic acids is 1. The SMILES string of the molecule is CC(OCNC(=O)CNC(=O)C(Cc1ccccc1)NC(=O)CNC(=O)CNC(=O)C1CCC(CN2C(=O)C=CC2=O)CC1)C(=O)O. The van der Waals surface area contributed by atoms with Crippen molar-refractivity contribution >= 4 is 47.3 Å². The number of carboxylic acids is 1. The van der Waals surface area contributed by atoms with Gasteiger partial charge in [0.05, 0.1) is 19.6 Å². The molecule has 1 aliphatic heterocycles. The van der Waals surface area contributed by atoms with Gasteiger partial charge in [-0.15, -0.1) is 0 Å². The number of benzene rings is 1. The van der Waals surface area contributed by atoms with E-state index in [2.05, 4.69) is 26.6 Å². The number of carbonyl (C=O) groups excluding carboxylic acids is 7. The van der Waals surface area contributed by atoms with Gasteiger partial charge in [-0.1, -0.05) is 30.3 Å². The van der Waals surface area contributed by atoms with E-state index in [1.807, 2.05) is 0 Å². The van der Waals surface area contributed by atoms with Crippen LogP contribution in [0.3, 0.4) is 0 Å². The van der Waals surface area contributed by atoms with E-state index >= 15 is 0 Å². The number of carboxylic acid groups (broad SMARTS) is 1. The summed E-state index contributed by atoms with van der Waals surface area (Å²) in [5.74, 6) is -4.97. The van der Waals surface area contributed by atoms with Gasteiger partial charge < -0.3 is 36.4 Å². The fraction of sp³-hybridized carbons (Fsp3) is 0.484. The lowest BCUT2D eigenvalue weighted by molar-refractivity contribution is -0.150. The van der Waals surface area contributed by atoms with Crippen LogP contribution in [-0.2, 0) is 49.5 Å². The predicted octanol–water partition coefficient (Wildman–Crippen LogP) is -1.64. The normalized spacial score (nSPS) is 18.5. The van der Waals surface area contributed by atoms with Crippen LogP contribution in [0.25, 0.3) is 0 Å². The summed E-state index contributed by atoms with van der Waals surface area (Å²) >= 11 is 0. The van der Waals surface area contributed by atoms with Crippen molar-refractivity contribution in [2.24, 2.45) is 11.8 Å². The fourth-order valence-corrected chi connectivity index (χ4v) is 5.01. The van der Waals surface area contributed by atoms with Crippen LogP contribution in [0, 0.1) is 11.8 Å². The molecule has 0 radical (unpaired) electrons. The third-order valence-corrected chi connectivity index (χ3v) is 7.74. The molecule has 1 aliphatic carbocycles. The summed E-state index contributed by atoms with van der Waals surface area (Å²) in [5.41, 5.74) is 0.726. The first-order valence-corrected chi connectivity index (χ1v) is 15.2. The minimum atomic E-state index is -1.20. The van der Waals surface area contributed by atoms with Gasteiger partial charge in [-0.3, -0.25) is 38.5 Å². The molecule has 6 N–H and O–H groups in total. The monoisotopic (exact) mass is 656 g/mol. The molecule has 7 amide bonds. The lowest BCUT2D eigenvalue weighted by Crippen LogP contribution is -2.52. The number of hydrogen-bond donors (Lipinski definition) is 6. The van der Waals surface area contributed by atoms with Gasteiger partial charge >= 0.3 is 5.97 Å². The number of nitrogens with zero attached hydrogens (tertiary/aromatic N) is 1. The average molecular weight is 657 g/mol. The van der Waals surface area contributed by atoms with Crippen molar-refractivity contribution in [1.82, 2.24) is 31.5 Å². The molecule has 1 saturated carbocycles. The second-order valence-electron chi connectivity index (χ2n) is 11.3. The third kappa shape index (κ3) is 12.3. The van der Waals surface area contributed by atoms with Gasteiger partial charge in [-0.25, -0.2) is 4.79 Å². The molecule has 0 saturated heterocycles. The topological polar surface area (TPSA) is 229 Å². The molecule has 3 rings (SSSR count). The van der Waals surface area contributed by atoms with E-state index in [1.165, 1.54) is 24.0 Å². The molecule has 1 aromatic carbocycles. The average Bonchev–Trinajstić information content (AvgIpc) is 3.37. The van der Waals surface area contributed by atoms with Crippen molar-refractivity contribution in [2.75, 3.05) is 32.9 Å². The Morgan fingerprint density at radius 3 is 2.06 bits per heavy atom. The fourth-order valence-electron chi connectivity index (χ4n) is 5.01. The maximum atomic E-state index is 12.9. The first-order chi connectivity index (χ1) is 22.4. The lowest BCUT2D eigenvalue weighted by atomic mass is 9.81. The molecule has 1 fully saturated rings. The Bertz CT molecular complexity index is 1340. The largest absolute Gasteiger partial charge is 0.479 e. The van der Waals surface area contributed by atoms with Crippen molar-refractivity contribution in [3.05, 3.63) is 48.0 Å². The smallest absolute Gasteiger partial charge is 0.332 e. The number of ether oxygens (including phenoxy) is 1. The zero-order chi connectivity index (χ0) is 34.3. The maximum Gasteiger partial charge on any atom is 0.332 e. The Morgan fingerprint density at radius 1 is 0.830 bits per heavy atom. The van der Waals surface area contributed by atoms with Gasteiger partial charge in [0.25, 0.3) is 11.8 Å². The minimum absolute atomic E-state index is 0.0903. The Labute approximate surface area is 271 Å². The summed E-state index contributed by atoms with van der Waals surface area (Å²) in [6.07, 6.45) is 3.86. The molecule has 1 heterocycles. The third-order valence-electron chi connectivity index (χ3n) is 7.74. The molecule has 254 valence electrons. The van der Waals surface area contributed by atoms with E-state index in [0.717, 1.165) is 5.56 Å². The standard InChI is InChI=1S/C31H40N6O10/c1-19(31(45)46)47-18-35-25(39)15-34-30(44)23(13-20-5-3-2-4-6-20)36-26(40)16-32-24(38)14-33-29(43)22-9-7-21(8-10-22)17-37-27(41)11-12-28(37)42/h2-6,11-12,19,21-23H,7-10,13-18H2,1H3,(H,32,38)(H,33,43)(H,34,44)(H,35,39)(H,36,40)(H,45,46). The van der Waals surface area contributed by atoms with Crippen LogP contribution in [0.1, 0.15) is 38.2 Å². The summed E-state index contributed by atoms with van der Waals surface area (Å²) in [5, 5.41) is 21.1. The number of amides is 7. The first kappa shape index (κ1) is 36.3. The number of imide groups is 1. The van der Waals surface area contributed by atoms with E-state index < -0.39 is 54.8 Å². The highest BCUT2D eigenvalue weighted by Crippen LogP contribution is 2.30. The second kappa shape index (κ2) is 18.1. The summed E-state index contributed by atoms with van der Waals surface area (Å²) in [6, 6.07) is 7.72.